The molecule has 2 rings (SSSR count). The van der Waals surface area contributed by atoms with Crippen LogP contribution in [0.15, 0.2) is 28.7 Å². The fourth-order valence-corrected chi connectivity index (χ4v) is 2.92. The molecule has 1 heterocycles. The van der Waals surface area contributed by atoms with Gasteiger partial charge in [0, 0.05) is 17.5 Å². The Balaban J connectivity index is 2.15. The van der Waals surface area contributed by atoms with Crippen LogP contribution in [0.5, 0.6) is 0 Å². The van der Waals surface area contributed by atoms with Crippen LogP contribution in [-0.4, -0.2) is 29.6 Å². The SMILES string of the molecule is CSCC(C)CNCc1c(C(=O)O)oc2ccccc12. The van der Waals surface area contributed by atoms with E-state index < -0.39 is 5.97 Å². The summed E-state index contributed by atoms with van der Waals surface area (Å²) in [5.74, 6) is 0.660. The molecule has 0 saturated carbocycles. The van der Waals surface area contributed by atoms with Gasteiger partial charge in [-0.3, -0.25) is 0 Å². The Labute approximate surface area is 122 Å². The topological polar surface area (TPSA) is 62.5 Å². The van der Waals surface area contributed by atoms with Crippen LogP contribution in [0.25, 0.3) is 11.0 Å². The normalized spacial score (nSPS) is 12.7. The second kappa shape index (κ2) is 6.81. The molecule has 0 bridgehead atoms. The van der Waals surface area contributed by atoms with Gasteiger partial charge in [-0.25, -0.2) is 4.79 Å². The lowest BCUT2D eigenvalue weighted by Crippen LogP contribution is -2.22. The predicted octanol–water partition coefficient (Wildman–Crippen LogP) is 3.22. The number of para-hydroxylation sites is 1. The van der Waals surface area contributed by atoms with Gasteiger partial charge in [0.25, 0.3) is 0 Å². The fraction of sp³-hybridized carbons (Fsp3) is 0.400. The third kappa shape index (κ3) is 3.35. The van der Waals surface area contributed by atoms with Crippen molar-refractivity contribution in [3.8, 4) is 0 Å². The van der Waals surface area contributed by atoms with Crippen LogP contribution < -0.4 is 5.32 Å². The smallest absolute Gasteiger partial charge is 0.372 e. The summed E-state index contributed by atoms with van der Waals surface area (Å²) < 4.78 is 5.42. The van der Waals surface area contributed by atoms with E-state index in [-0.39, 0.29) is 5.76 Å². The first-order chi connectivity index (χ1) is 9.63. The number of benzene rings is 1. The van der Waals surface area contributed by atoms with Crippen molar-refractivity contribution in [3.05, 3.63) is 35.6 Å². The quantitative estimate of drug-likeness (QED) is 0.820. The molecule has 5 heteroatoms. The van der Waals surface area contributed by atoms with Gasteiger partial charge in [-0.2, -0.15) is 11.8 Å². The van der Waals surface area contributed by atoms with E-state index >= 15 is 0 Å². The van der Waals surface area contributed by atoms with E-state index in [1.54, 1.807) is 6.07 Å². The van der Waals surface area contributed by atoms with Crippen molar-refractivity contribution in [1.29, 1.82) is 0 Å². The fourth-order valence-electron chi connectivity index (χ4n) is 2.23. The molecular weight excluding hydrogens is 274 g/mol. The number of nitrogens with one attached hydrogen (secondary N) is 1. The molecule has 0 aliphatic heterocycles. The molecule has 108 valence electrons. The maximum Gasteiger partial charge on any atom is 0.372 e. The van der Waals surface area contributed by atoms with E-state index in [2.05, 4.69) is 18.5 Å². The van der Waals surface area contributed by atoms with Crippen LogP contribution >= 0.6 is 11.8 Å². The molecule has 0 radical (unpaired) electrons. The van der Waals surface area contributed by atoms with Crippen LogP contribution in [-0.2, 0) is 6.54 Å². The summed E-state index contributed by atoms with van der Waals surface area (Å²) in [4.78, 5) is 11.3. The Bertz CT molecular complexity index is 594. The van der Waals surface area contributed by atoms with E-state index in [0.717, 1.165) is 23.2 Å². The second-order valence-electron chi connectivity index (χ2n) is 4.90. The number of fused-ring (bicyclic) bond motifs is 1. The van der Waals surface area contributed by atoms with Crippen LogP contribution in [0.1, 0.15) is 23.0 Å². The summed E-state index contributed by atoms with van der Waals surface area (Å²) in [6, 6.07) is 7.42. The lowest BCUT2D eigenvalue weighted by molar-refractivity contribution is 0.0663. The van der Waals surface area contributed by atoms with E-state index in [4.69, 9.17) is 4.42 Å². The van der Waals surface area contributed by atoms with Crippen molar-refractivity contribution < 1.29 is 14.3 Å². The average Bonchev–Trinajstić information content (AvgIpc) is 2.78. The van der Waals surface area contributed by atoms with E-state index in [9.17, 15) is 9.90 Å². The van der Waals surface area contributed by atoms with Crippen LogP contribution in [0.2, 0.25) is 0 Å². The van der Waals surface area contributed by atoms with Crippen molar-refractivity contribution in [3.63, 3.8) is 0 Å². The summed E-state index contributed by atoms with van der Waals surface area (Å²) in [5, 5.41) is 13.4. The number of furan rings is 1. The van der Waals surface area contributed by atoms with Gasteiger partial charge in [0.1, 0.15) is 5.58 Å². The van der Waals surface area contributed by atoms with Crippen LogP contribution in [0.4, 0.5) is 0 Å². The predicted molar refractivity (Wildman–Crippen MR) is 82.4 cm³/mol. The van der Waals surface area contributed by atoms with Gasteiger partial charge < -0.3 is 14.8 Å². The first-order valence-corrected chi connectivity index (χ1v) is 7.96. The minimum absolute atomic E-state index is 0.0382. The number of thioether (sulfide) groups is 1. The monoisotopic (exact) mass is 293 g/mol. The molecule has 2 aromatic rings. The van der Waals surface area contributed by atoms with Crippen molar-refractivity contribution in [2.45, 2.75) is 13.5 Å². The molecule has 0 saturated heterocycles. The van der Waals surface area contributed by atoms with E-state index in [1.807, 2.05) is 30.0 Å². The first-order valence-electron chi connectivity index (χ1n) is 6.56. The Morgan fingerprint density at radius 2 is 2.20 bits per heavy atom. The molecule has 2 N–H and O–H groups in total. The summed E-state index contributed by atoms with van der Waals surface area (Å²) in [6.07, 6.45) is 2.09. The minimum atomic E-state index is -1.02. The molecular formula is C15H19NO3S. The zero-order chi connectivity index (χ0) is 14.5. The van der Waals surface area contributed by atoms with Crippen LogP contribution in [0, 0.1) is 5.92 Å². The van der Waals surface area contributed by atoms with Gasteiger partial charge in [0.05, 0.1) is 0 Å². The maximum absolute atomic E-state index is 11.3. The molecule has 1 atom stereocenters. The third-order valence-corrected chi connectivity index (χ3v) is 4.04. The zero-order valence-corrected chi connectivity index (χ0v) is 12.5. The number of rotatable bonds is 7. The van der Waals surface area contributed by atoms with Crippen molar-refractivity contribution in [1.82, 2.24) is 5.32 Å². The van der Waals surface area contributed by atoms with Gasteiger partial charge in [0.2, 0.25) is 5.76 Å². The molecule has 4 nitrogen and oxygen atoms in total. The van der Waals surface area contributed by atoms with Gasteiger partial charge in [-0.1, -0.05) is 25.1 Å². The number of carbonyl (C=O) groups is 1. The summed E-state index contributed by atoms with van der Waals surface area (Å²) in [6.45, 7) is 3.55. The molecule has 0 fully saturated rings. The average molecular weight is 293 g/mol. The van der Waals surface area contributed by atoms with Gasteiger partial charge in [-0.05, 0) is 30.5 Å². The zero-order valence-electron chi connectivity index (χ0n) is 11.7. The molecule has 20 heavy (non-hydrogen) atoms. The lowest BCUT2D eigenvalue weighted by atomic mass is 10.1. The number of aromatic carboxylic acids is 1. The summed E-state index contributed by atoms with van der Waals surface area (Å²) >= 11 is 1.82. The van der Waals surface area contributed by atoms with Crippen molar-refractivity contribution in [2.75, 3.05) is 18.6 Å². The molecule has 0 amide bonds. The maximum atomic E-state index is 11.3. The number of carboxylic acids is 1. The van der Waals surface area contributed by atoms with Gasteiger partial charge >= 0.3 is 5.97 Å². The van der Waals surface area contributed by atoms with E-state index in [0.29, 0.717) is 18.0 Å². The second-order valence-corrected chi connectivity index (χ2v) is 5.81. The third-order valence-electron chi connectivity index (χ3n) is 3.14. The Kier molecular flexibility index (Phi) is 5.09. The highest BCUT2D eigenvalue weighted by molar-refractivity contribution is 7.98. The number of carboxylic acid groups (broad SMARTS) is 1. The molecule has 0 aliphatic carbocycles. The Morgan fingerprint density at radius 1 is 1.45 bits per heavy atom. The molecule has 1 aromatic heterocycles. The standard InChI is InChI=1S/C15H19NO3S/c1-10(9-20-2)7-16-8-12-11-5-3-4-6-13(11)19-14(12)15(17)18/h3-6,10,16H,7-9H2,1-2H3,(H,17,18). The Hall–Kier alpha value is -1.46. The highest BCUT2D eigenvalue weighted by Crippen LogP contribution is 2.25. The largest absolute Gasteiger partial charge is 0.475 e. The highest BCUT2D eigenvalue weighted by Gasteiger charge is 2.19. The van der Waals surface area contributed by atoms with E-state index in [1.165, 1.54) is 0 Å². The van der Waals surface area contributed by atoms with Crippen molar-refractivity contribution >= 4 is 28.7 Å². The minimum Gasteiger partial charge on any atom is -0.475 e. The number of hydrogen-bond acceptors (Lipinski definition) is 4. The highest BCUT2D eigenvalue weighted by atomic mass is 32.2. The van der Waals surface area contributed by atoms with Crippen LogP contribution in [0.3, 0.4) is 0 Å². The lowest BCUT2D eigenvalue weighted by Gasteiger charge is -2.10. The molecule has 0 aliphatic rings. The molecule has 1 unspecified atom stereocenters. The van der Waals surface area contributed by atoms with Gasteiger partial charge in [-0.15, -0.1) is 0 Å². The number of hydrogen-bond donors (Lipinski definition) is 2. The molecule has 0 spiro atoms. The van der Waals surface area contributed by atoms with Crippen molar-refractivity contribution in [2.24, 2.45) is 5.92 Å². The first kappa shape index (κ1) is 14.9. The summed E-state index contributed by atoms with van der Waals surface area (Å²) in [5.41, 5.74) is 1.35. The Morgan fingerprint density at radius 3 is 2.90 bits per heavy atom. The van der Waals surface area contributed by atoms with Gasteiger partial charge in [0.15, 0.2) is 0 Å². The molecule has 1 aromatic carbocycles. The summed E-state index contributed by atoms with van der Waals surface area (Å²) in [7, 11) is 0.